The Balaban J connectivity index is 2.53. The lowest BCUT2D eigenvalue weighted by atomic mass is 9.98. The first-order valence-corrected chi connectivity index (χ1v) is 4.67. The summed E-state index contributed by atoms with van der Waals surface area (Å²) < 4.78 is 38.1. The molecule has 0 bridgehead atoms. The summed E-state index contributed by atoms with van der Waals surface area (Å²) in [5.41, 5.74) is 0.405. The van der Waals surface area contributed by atoms with E-state index >= 15 is 0 Å². The van der Waals surface area contributed by atoms with Crippen molar-refractivity contribution in [3.05, 3.63) is 34.9 Å². The molecule has 1 aromatic carbocycles. The number of benzene rings is 1. The van der Waals surface area contributed by atoms with Crippen molar-refractivity contribution in [1.29, 1.82) is 0 Å². The van der Waals surface area contributed by atoms with E-state index in [9.17, 15) is 13.2 Å². The summed E-state index contributed by atoms with van der Waals surface area (Å²) >= 11 is 0. The predicted octanol–water partition coefficient (Wildman–Crippen LogP) is 3.89. The Labute approximate surface area is 80.7 Å². The highest BCUT2D eigenvalue weighted by atomic mass is 19.4. The molecule has 76 valence electrons. The van der Waals surface area contributed by atoms with Gasteiger partial charge in [0.15, 0.2) is 0 Å². The number of alkyl halides is 3. The van der Waals surface area contributed by atoms with Crippen molar-refractivity contribution in [2.45, 2.75) is 31.9 Å². The standard InChI is InChI=1S/C11H11F3/c1-7-3-2-4-9(8-5-6-8)10(7)11(12,13)14/h2-4,8H,5-6H2,1H3. The van der Waals surface area contributed by atoms with Crippen LogP contribution in [0.4, 0.5) is 13.2 Å². The first-order chi connectivity index (χ1) is 6.50. The molecule has 2 rings (SSSR count). The van der Waals surface area contributed by atoms with Gasteiger partial charge in [-0.1, -0.05) is 18.2 Å². The molecule has 0 nitrogen and oxygen atoms in total. The molecule has 0 aromatic heterocycles. The van der Waals surface area contributed by atoms with Crippen molar-refractivity contribution in [2.75, 3.05) is 0 Å². The molecule has 14 heavy (non-hydrogen) atoms. The smallest absolute Gasteiger partial charge is 0.166 e. The molecule has 0 amide bonds. The zero-order valence-corrected chi connectivity index (χ0v) is 7.86. The van der Waals surface area contributed by atoms with Crippen LogP contribution in [-0.2, 0) is 6.18 Å². The Hall–Kier alpha value is -0.990. The van der Waals surface area contributed by atoms with Crippen molar-refractivity contribution in [2.24, 2.45) is 0 Å². The molecule has 0 spiro atoms. The molecule has 0 atom stereocenters. The van der Waals surface area contributed by atoms with Gasteiger partial charge in [-0.05, 0) is 36.8 Å². The first-order valence-electron chi connectivity index (χ1n) is 4.67. The second-order valence-corrected chi connectivity index (χ2v) is 3.81. The van der Waals surface area contributed by atoms with Crippen LogP contribution in [0.5, 0.6) is 0 Å². The number of aryl methyl sites for hydroxylation is 1. The molecule has 1 aromatic rings. The Morgan fingerprint density at radius 3 is 2.36 bits per heavy atom. The van der Waals surface area contributed by atoms with Gasteiger partial charge < -0.3 is 0 Å². The van der Waals surface area contributed by atoms with E-state index in [0.29, 0.717) is 11.1 Å². The molecule has 0 aliphatic heterocycles. The zero-order valence-electron chi connectivity index (χ0n) is 7.86. The monoisotopic (exact) mass is 200 g/mol. The lowest BCUT2D eigenvalue weighted by molar-refractivity contribution is -0.138. The van der Waals surface area contributed by atoms with Gasteiger partial charge in [-0.25, -0.2) is 0 Å². The van der Waals surface area contributed by atoms with Crippen LogP contribution in [-0.4, -0.2) is 0 Å². The van der Waals surface area contributed by atoms with Gasteiger partial charge in [-0.15, -0.1) is 0 Å². The Morgan fingerprint density at radius 2 is 1.86 bits per heavy atom. The minimum absolute atomic E-state index is 0.145. The van der Waals surface area contributed by atoms with E-state index in [-0.39, 0.29) is 5.92 Å². The molecule has 1 aliphatic rings. The minimum Gasteiger partial charge on any atom is -0.166 e. The van der Waals surface area contributed by atoms with Gasteiger partial charge in [0, 0.05) is 0 Å². The van der Waals surface area contributed by atoms with Crippen molar-refractivity contribution in [3.8, 4) is 0 Å². The maximum atomic E-state index is 12.7. The molecular formula is C11H11F3. The fourth-order valence-electron chi connectivity index (χ4n) is 1.81. The first kappa shape index (κ1) is 9.56. The zero-order chi connectivity index (χ0) is 10.3. The summed E-state index contributed by atoms with van der Waals surface area (Å²) in [5.74, 6) is 0.145. The summed E-state index contributed by atoms with van der Waals surface area (Å²) in [6, 6.07) is 4.83. The Kier molecular flexibility index (Phi) is 2.05. The fourth-order valence-corrected chi connectivity index (χ4v) is 1.81. The van der Waals surface area contributed by atoms with Crippen molar-refractivity contribution in [3.63, 3.8) is 0 Å². The Morgan fingerprint density at radius 1 is 1.21 bits per heavy atom. The average molecular weight is 200 g/mol. The lowest BCUT2D eigenvalue weighted by Gasteiger charge is -2.14. The highest BCUT2D eigenvalue weighted by molar-refractivity contribution is 5.40. The van der Waals surface area contributed by atoms with E-state index in [1.165, 1.54) is 13.0 Å². The third-order valence-corrected chi connectivity index (χ3v) is 2.61. The average Bonchev–Trinajstić information content (AvgIpc) is 2.83. The predicted molar refractivity (Wildman–Crippen MR) is 48.2 cm³/mol. The molecule has 0 radical (unpaired) electrons. The summed E-state index contributed by atoms with van der Waals surface area (Å²) in [6.45, 7) is 1.52. The van der Waals surface area contributed by atoms with Crippen LogP contribution in [0.15, 0.2) is 18.2 Å². The molecule has 1 aliphatic carbocycles. The third-order valence-electron chi connectivity index (χ3n) is 2.61. The van der Waals surface area contributed by atoms with Gasteiger partial charge in [0.25, 0.3) is 0 Å². The van der Waals surface area contributed by atoms with Gasteiger partial charge in [-0.3, -0.25) is 0 Å². The molecule has 1 saturated carbocycles. The van der Waals surface area contributed by atoms with Crippen LogP contribution in [0, 0.1) is 6.92 Å². The minimum atomic E-state index is -4.21. The molecule has 0 unspecified atom stereocenters. The van der Waals surface area contributed by atoms with Gasteiger partial charge >= 0.3 is 6.18 Å². The molecule has 0 heterocycles. The van der Waals surface area contributed by atoms with Crippen molar-refractivity contribution in [1.82, 2.24) is 0 Å². The van der Waals surface area contributed by atoms with Crippen LogP contribution < -0.4 is 0 Å². The SMILES string of the molecule is Cc1cccc(C2CC2)c1C(F)(F)F. The Bertz CT molecular complexity index is 348. The van der Waals surface area contributed by atoms with Crippen LogP contribution in [0.1, 0.15) is 35.4 Å². The highest BCUT2D eigenvalue weighted by Gasteiger charge is 2.39. The molecule has 3 heteroatoms. The van der Waals surface area contributed by atoms with Crippen LogP contribution in [0.3, 0.4) is 0 Å². The van der Waals surface area contributed by atoms with E-state index in [1.807, 2.05) is 0 Å². The van der Waals surface area contributed by atoms with Gasteiger partial charge in [0.05, 0.1) is 5.56 Å². The van der Waals surface area contributed by atoms with Crippen LogP contribution in [0.25, 0.3) is 0 Å². The summed E-state index contributed by atoms with van der Waals surface area (Å²) in [6.07, 6.45) is -2.41. The van der Waals surface area contributed by atoms with E-state index < -0.39 is 11.7 Å². The molecule has 0 saturated heterocycles. The van der Waals surface area contributed by atoms with E-state index in [1.54, 1.807) is 12.1 Å². The van der Waals surface area contributed by atoms with Crippen LogP contribution in [0.2, 0.25) is 0 Å². The summed E-state index contributed by atoms with van der Waals surface area (Å²) in [4.78, 5) is 0. The summed E-state index contributed by atoms with van der Waals surface area (Å²) in [5, 5.41) is 0. The number of hydrogen-bond acceptors (Lipinski definition) is 0. The number of hydrogen-bond donors (Lipinski definition) is 0. The highest BCUT2D eigenvalue weighted by Crippen LogP contribution is 2.46. The van der Waals surface area contributed by atoms with Crippen LogP contribution >= 0.6 is 0 Å². The summed E-state index contributed by atoms with van der Waals surface area (Å²) in [7, 11) is 0. The van der Waals surface area contributed by atoms with Crippen molar-refractivity contribution >= 4 is 0 Å². The quantitative estimate of drug-likeness (QED) is 0.645. The lowest BCUT2D eigenvalue weighted by Crippen LogP contribution is -2.10. The van der Waals surface area contributed by atoms with E-state index in [2.05, 4.69) is 0 Å². The number of halogens is 3. The molecule has 0 N–H and O–H groups in total. The maximum absolute atomic E-state index is 12.7. The molecule has 1 fully saturated rings. The second kappa shape index (κ2) is 3.01. The van der Waals surface area contributed by atoms with Gasteiger partial charge in [0.1, 0.15) is 0 Å². The van der Waals surface area contributed by atoms with E-state index in [4.69, 9.17) is 0 Å². The topological polar surface area (TPSA) is 0 Å². The third kappa shape index (κ3) is 1.63. The van der Waals surface area contributed by atoms with Gasteiger partial charge in [0.2, 0.25) is 0 Å². The normalized spacial score (nSPS) is 17.1. The molecular weight excluding hydrogens is 189 g/mol. The fraction of sp³-hybridized carbons (Fsp3) is 0.455. The number of rotatable bonds is 1. The van der Waals surface area contributed by atoms with E-state index in [0.717, 1.165) is 12.8 Å². The van der Waals surface area contributed by atoms with Crippen molar-refractivity contribution < 1.29 is 13.2 Å². The maximum Gasteiger partial charge on any atom is 0.416 e. The van der Waals surface area contributed by atoms with Gasteiger partial charge in [-0.2, -0.15) is 13.2 Å². The largest absolute Gasteiger partial charge is 0.416 e. The second-order valence-electron chi connectivity index (χ2n) is 3.81.